The number of benzene rings is 1. The van der Waals surface area contributed by atoms with Gasteiger partial charge in [0.1, 0.15) is 0 Å². The summed E-state index contributed by atoms with van der Waals surface area (Å²) in [6.07, 6.45) is -2.28. The average Bonchev–Trinajstić information content (AvgIpc) is 3.18. The third-order valence-electron chi connectivity index (χ3n) is 4.18. The molecule has 8 heteroatoms. The second kappa shape index (κ2) is 5.30. The van der Waals surface area contributed by atoms with Crippen LogP contribution in [0, 0.1) is 6.92 Å². The molecule has 128 valence electrons. The molecule has 3 heterocycles. The van der Waals surface area contributed by atoms with E-state index in [2.05, 4.69) is 15.2 Å². The van der Waals surface area contributed by atoms with Gasteiger partial charge in [-0.3, -0.25) is 0 Å². The highest BCUT2D eigenvalue weighted by Crippen LogP contribution is 2.29. The maximum Gasteiger partial charge on any atom is 0.453 e. The van der Waals surface area contributed by atoms with E-state index in [0.29, 0.717) is 12.2 Å². The van der Waals surface area contributed by atoms with Crippen LogP contribution >= 0.6 is 0 Å². The first kappa shape index (κ1) is 15.6. The number of fused-ring (bicyclic) bond motifs is 2. The number of para-hydroxylation sites is 1. The zero-order chi connectivity index (χ0) is 17.8. The Labute approximate surface area is 140 Å². The van der Waals surface area contributed by atoms with Crippen LogP contribution < -0.4 is 0 Å². The van der Waals surface area contributed by atoms with Crippen molar-refractivity contribution >= 4 is 16.6 Å². The third-order valence-corrected chi connectivity index (χ3v) is 4.18. The van der Waals surface area contributed by atoms with Gasteiger partial charge in [0.05, 0.1) is 11.7 Å². The number of alkyl halides is 3. The van der Waals surface area contributed by atoms with Gasteiger partial charge < -0.3 is 0 Å². The van der Waals surface area contributed by atoms with Crippen LogP contribution in [0.3, 0.4) is 0 Å². The fraction of sp³-hybridized carbons (Fsp3) is 0.235. The van der Waals surface area contributed by atoms with E-state index in [1.807, 2.05) is 32.0 Å². The lowest BCUT2D eigenvalue weighted by atomic mass is 10.1. The van der Waals surface area contributed by atoms with Gasteiger partial charge in [0.2, 0.25) is 0 Å². The number of halogens is 3. The van der Waals surface area contributed by atoms with Crippen LogP contribution in [0.4, 0.5) is 13.2 Å². The molecule has 5 nitrogen and oxygen atoms in total. The van der Waals surface area contributed by atoms with Gasteiger partial charge in [0.25, 0.3) is 5.82 Å². The van der Waals surface area contributed by atoms with E-state index in [1.165, 1.54) is 4.52 Å². The Kier molecular flexibility index (Phi) is 3.31. The van der Waals surface area contributed by atoms with Crippen LogP contribution in [0.15, 0.2) is 36.5 Å². The summed E-state index contributed by atoms with van der Waals surface area (Å²) in [5.74, 6) is -0.678. The standard InChI is InChI=1S/C17H14F3N5/c1-3-11-7-8-13-22-16(17(18,19)20)23-24(13)15(11)25-14-10(2)5-4-6-12(14)9-21-25/h4-9H,3H2,1-2H3. The van der Waals surface area contributed by atoms with E-state index in [4.69, 9.17) is 0 Å². The molecule has 0 unspecified atom stereocenters. The van der Waals surface area contributed by atoms with E-state index in [1.54, 1.807) is 23.0 Å². The maximum atomic E-state index is 13.0. The van der Waals surface area contributed by atoms with Crippen molar-refractivity contribution in [2.75, 3.05) is 0 Å². The molecule has 0 fully saturated rings. The molecule has 0 aliphatic carbocycles. The van der Waals surface area contributed by atoms with Crippen molar-refractivity contribution in [1.82, 2.24) is 24.4 Å². The predicted octanol–water partition coefficient (Wildman–Crippen LogP) is 3.96. The van der Waals surface area contributed by atoms with Crippen LogP contribution in [0.2, 0.25) is 0 Å². The highest BCUT2D eigenvalue weighted by atomic mass is 19.4. The molecule has 0 saturated heterocycles. The quantitative estimate of drug-likeness (QED) is 0.552. The van der Waals surface area contributed by atoms with Gasteiger partial charge in [0.15, 0.2) is 11.5 Å². The fourth-order valence-electron chi connectivity index (χ4n) is 3.01. The summed E-state index contributed by atoms with van der Waals surface area (Å²) in [7, 11) is 0. The Balaban J connectivity index is 2.10. The van der Waals surface area contributed by atoms with Gasteiger partial charge in [-0.25, -0.2) is 9.67 Å². The molecule has 0 aliphatic rings. The van der Waals surface area contributed by atoms with Gasteiger partial charge in [-0.1, -0.05) is 31.2 Å². The lowest BCUT2D eigenvalue weighted by Gasteiger charge is -2.12. The summed E-state index contributed by atoms with van der Waals surface area (Å²) < 4.78 is 42.0. The van der Waals surface area contributed by atoms with Gasteiger partial charge in [0, 0.05) is 5.39 Å². The molecule has 0 spiro atoms. The fourth-order valence-corrected chi connectivity index (χ4v) is 3.01. The van der Waals surface area contributed by atoms with Gasteiger partial charge >= 0.3 is 6.18 Å². The molecular weight excluding hydrogens is 331 g/mol. The summed E-state index contributed by atoms with van der Waals surface area (Å²) in [4.78, 5) is 3.62. The second-order valence-corrected chi connectivity index (χ2v) is 5.81. The van der Waals surface area contributed by atoms with Crippen molar-refractivity contribution in [2.45, 2.75) is 26.4 Å². The van der Waals surface area contributed by atoms with E-state index in [-0.39, 0.29) is 5.65 Å². The minimum atomic E-state index is -4.60. The van der Waals surface area contributed by atoms with Crippen LogP contribution in [-0.4, -0.2) is 24.4 Å². The molecule has 4 aromatic rings. The molecule has 0 atom stereocenters. The van der Waals surface area contributed by atoms with Gasteiger partial charge in [-0.15, -0.1) is 5.10 Å². The molecule has 25 heavy (non-hydrogen) atoms. The normalized spacial score (nSPS) is 12.4. The molecule has 0 radical (unpaired) electrons. The first-order valence-electron chi connectivity index (χ1n) is 7.79. The number of aryl methyl sites for hydroxylation is 2. The van der Waals surface area contributed by atoms with Gasteiger partial charge in [-0.2, -0.15) is 22.8 Å². The Hall–Kier alpha value is -2.90. The number of nitrogens with zero attached hydrogens (tertiary/aromatic N) is 5. The topological polar surface area (TPSA) is 48.0 Å². The van der Waals surface area contributed by atoms with Crippen molar-refractivity contribution in [3.63, 3.8) is 0 Å². The third kappa shape index (κ3) is 2.36. The molecule has 0 saturated carbocycles. The van der Waals surface area contributed by atoms with E-state index >= 15 is 0 Å². The zero-order valence-corrected chi connectivity index (χ0v) is 13.5. The molecule has 0 aliphatic heterocycles. The first-order chi connectivity index (χ1) is 11.9. The van der Waals surface area contributed by atoms with Crippen molar-refractivity contribution in [1.29, 1.82) is 0 Å². The Morgan fingerprint density at radius 3 is 2.64 bits per heavy atom. The van der Waals surface area contributed by atoms with E-state index < -0.39 is 12.0 Å². The predicted molar refractivity (Wildman–Crippen MR) is 86.7 cm³/mol. The minimum Gasteiger partial charge on any atom is -0.214 e. The zero-order valence-electron chi connectivity index (χ0n) is 13.5. The van der Waals surface area contributed by atoms with E-state index in [9.17, 15) is 13.2 Å². The molecule has 0 bridgehead atoms. The maximum absolute atomic E-state index is 13.0. The molecule has 3 aromatic heterocycles. The molecule has 0 amide bonds. The summed E-state index contributed by atoms with van der Waals surface area (Å²) in [5, 5.41) is 9.02. The molecule has 1 aromatic carbocycles. The number of pyridine rings is 1. The SMILES string of the molecule is CCc1ccc2nc(C(F)(F)F)nn2c1-n1ncc2cccc(C)c21. The minimum absolute atomic E-state index is 0.136. The second-order valence-electron chi connectivity index (χ2n) is 5.81. The van der Waals surface area contributed by atoms with Crippen LogP contribution in [0.1, 0.15) is 23.9 Å². The summed E-state index contributed by atoms with van der Waals surface area (Å²) in [6.45, 7) is 3.87. The molecule has 0 N–H and O–H groups in total. The van der Waals surface area contributed by atoms with E-state index in [0.717, 1.165) is 22.0 Å². The highest BCUT2D eigenvalue weighted by molar-refractivity contribution is 5.83. The number of hydrogen-bond acceptors (Lipinski definition) is 3. The summed E-state index contributed by atoms with van der Waals surface area (Å²) in [5.41, 5.74) is 2.79. The van der Waals surface area contributed by atoms with Crippen molar-refractivity contribution in [3.8, 4) is 5.82 Å². The lowest BCUT2D eigenvalue weighted by molar-refractivity contribution is -0.144. The first-order valence-corrected chi connectivity index (χ1v) is 7.79. The highest BCUT2D eigenvalue weighted by Gasteiger charge is 2.36. The van der Waals surface area contributed by atoms with Crippen LogP contribution in [0.5, 0.6) is 0 Å². The lowest BCUT2D eigenvalue weighted by Crippen LogP contribution is -2.11. The molecular formula is C17H14F3N5. The number of rotatable bonds is 2. The van der Waals surface area contributed by atoms with Crippen LogP contribution in [0.25, 0.3) is 22.4 Å². The van der Waals surface area contributed by atoms with Gasteiger partial charge in [-0.05, 0) is 30.5 Å². The van der Waals surface area contributed by atoms with Crippen molar-refractivity contribution in [3.05, 3.63) is 53.5 Å². The Morgan fingerprint density at radius 1 is 1.12 bits per heavy atom. The average molecular weight is 345 g/mol. The van der Waals surface area contributed by atoms with Crippen molar-refractivity contribution < 1.29 is 13.2 Å². The largest absolute Gasteiger partial charge is 0.453 e. The van der Waals surface area contributed by atoms with Crippen molar-refractivity contribution in [2.24, 2.45) is 0 Å². The Morgan fingerprint density at radius 2 is 1.92 bits per heavy atom. The summed E-state index contributed by atoms with van der Waals surface area (Å²) in [6, 6.07) is 9.09. The Bertz CT molecular complexity index is 1090. The van der Waals surface area contributed by atoms with Crippen LogP contribution in [-0.2, 0) is 12.6 Å². The molecule has 4 rings (SSSR count). The monoisotopic (exact) mass is 345 g/mol. The summed E-state index contributed by atoms with van der Waals surface area (Å²) >= 11 is 0. The number of hydrogen-bond donors (Lipinski definition) is 0. The smallest absolute Gasteiger partial charge is 0.214 e. The number of aromatic nitrogens is 5.